The van der Waals surface area contributed by atoms with Crippen LogP contribution in [0.15, 0.2) is 60.8 Å². The summed E-state index contributed by atoms with van der Waals surface area (Å²) in [6, 6.07) is 0. The molecule has 0 saturated carbocycles. The zero-order valence-corrected chi connectivity index (χ0v) is 42.3. The minimum Gasteiger partial charge on any atom is -0.462 e. The third-order valence-corrected chi connectivity index (χ3v) is 11.8. The van der Waals surface area contributed by atoms with Crippen molar-refractivity contribution in [2.45, 2.75) is 277 Å². The summed E-state index contributed by atoms with van der Waals surface area (Å²) >= 11 is 0. The lowest BCUT2D eigenvalue weighted by atomic mass is 10.0. The molecular weight excluding hydrogens is 793 g/mol. The van der Waals surface area contributed by atoms with E-state index in [9.17, 15) is 14.4 Å². The van der Waals surface area contributed by atoms with Crippen LogP contribution in [0.25, 0.3) is 0 Å². The summed E-state index contributed by atoms with van der Waals surface area (Å²) in [4.78, 5) is 37.9. The van der Waals surface area contributed by atoms with Crippen LogP contribution in [-0.4, -0.2) is 37.2 Å². The van der Waals surface area contributed by atoms with Gasteiger partial charge < -0.3 is 14.2 Å². The van der Waals surface area contributed by atoms with E-state index in [2.05, 4.69) is 69.4 Å². The van der Waals surface area contributed by atoms with Crippen molar-refractivity contribution in [2.75, 3.05) is 13.2 Å². The first-order valence-electron chi connectivity index (χ1n) is 27.3. The lowest BCUT2D eigenvalue weighted by molar-refractivity contribution is -0.166. The minimum atomic E-state index is -0.824. The van der Waals surface area contributed by atoms with E-state index in [1.165, 1.54) is 161 Å². The number of carbonyl (C=O) groups is 3. The van der Waals surface area contributed by atoms with E-state index in [-0.39, 0.29) is 31.6 Å². The fourth-order valence-corrected chi connectivity index (χ4v) is 7.75. The fourth-order valence-electron chi connectivity index (χ4n) is 7.75. The molecule has 64 heavy (non-hydrogen) atoms. The number of hydrogen-bond donors (Lipinski definition) is 0. The maximum Gasteiger partial charge on any atom is 0.310 e. The lowest BCUT2D eigenvalue weighted by Crippen LogP contribution is -2.30. The van der Waals surface area contributed by atoms with Crippen LogP contribution < -0.4 is 0 Å². The van der Waals surface area contributed by atoms with Gasteiger partial charge in [-0.15, -0.1) is 0 Å². The molecule has 0 aromatic rings. The van der Waals surface area contributed by atoms with E-state index in [1.54, 1.807) is 6.08 Å². The highest BCUT2D eigenvalue weighted by Crippen LogP contribution is 2.16. The lowest BCUT2D eigenvalue weighted by Gasteiger charge is -2.18. The Morgan fingerprint density at radius 2 is 0.594 bits per heavy atom. The monoisotopic (exact) mass is 895 g/mol. The average Bonchev–Trinajstić information content (AvgIpc) is 3.29. The van der Waals surface area contributed by atoms with Crippen molar-refractivity contribution in [1.82, 2.24) is 0 Å². The third kappa shape index (κ3) is 50.1. The Kier molecular flexibility index (Phi) is 50.4. The van der Waals surface area contributed by atoms with Crippen LogP contribution in [0.4, 0.5) is 0 Å². The maximum atomic E-state index is 12.7. The molecule has 0 saturated heterocycles. The van der Waals surface area contributed by atoms with Gasteiger partial charge in [-0.1, -0.05) is 268 Å². The third-order valence-electron chi connectivity index (χ3n) is 11.8. The molecule has 0 fully saturated rings. The number of carbonyl (C=O) groups excluding carboxylic acids is 3. The van der Waals surface area contributed by atoms with Crippen molar-refractivity contribution < 1.29 is 28.6 Å². The van der Waals surface area contributed by atoms with Crippen molar-refractivity contribution in [1.29, 1.82) is 0 Å². The van der Waals surface area contributed by atoms with E-state index in [0.717, 1.165) is 70.6 Å². The molecule has 1 atom stereocenters. The first kappa shape index (κ1) is 61.1. The zero-order chi connectivity index (χ0) is 46.5. The summed E-state index contributed by atoms with van der Waals surface area (Å²) in [5, 5.41) is 0. The Bertz CT molecular complexity index is 1170. The van der Waals surface area contributed by atoms with Crippen molar-refractivity contribution in [3.63, 3.8) is 0 Å². The molecule has 1 unspecified atom stereocenters. The smallest absolute Gasteiger partial charge is 0.310 e. The van der Waals surface area contributed by atoms with E-state index in [0.29, 0.717) is 12.8 Å². The molecule has 0 aliphatic rings. The van der Waals surface area contributed by atoms with Gasteiger partial charge in [0.1, 0.15) is 13.2 Å². The molecule has 0 N–H and O–H groups in total. The fraction of sp³-hybridized carbons (Fsp3) is 0.776. The Morgan fingerprint density at radius 3 is 0.891 bits per heavy atom. The van der Waals surface area contributed by atoms with Crippen molar-refractivity contribution in [3.8, 4) is 0 Å². The van der Waals surface area contributed by atoms with Gasteiger partial charge in [-0.3, -0.25) is 14.4 Å². The molecule has 0 aliphatic carbocycles. The van der Waals surface area contributed by atoms with Crippen LogP contribution in [0.1, 0.15) is 271 Å². The van der Waals surface area contributed by atoms with Gasteiger partial charge in [-0.25, -0.2) is 0 Å². The molecule has 0 heterocycles. The van der Waals surface area contributed by atoms with Gasteiger partial charge in [0, 0.05) is 12.8 Å². The average molecular weight is 895 g/mol. The molecule has 6 nitrogen and oxygen atoms in total. The van der Waals surface area contributed by atoms with E-state index in [4.69, 9.17) is 14.2 Å². The number of rotatable bonds is 49. The molecule has 0 aliphatic heterocycles. The predicted molar refractivity (Wildman–Crippen MR) is 275 cm³/mol. The molecule has 0 spiro atoms. The zero-order valence-electron chi connectivity index (χ0n) is 42.3. The number of unbranched alkanes of at least 4 members (excludes halogenated alkanes) is 29. The van der Waals surface area contributed by atoms with Crippen molar-refractivity contribution in [3.05, 3.63) is 60.8 Å². The van der Waals surface area contributed by atoms with E-state index >= 15 is 0 Å². The number of allylic oxidation sites excluding steroid dienone is 9. The van der Waals surface area contributed by atoms with Gasteiger partial charge in [-0.2, -0.15) is 0 Å². The standard InChI is InChI=1S/C58H102O6/c1-4-7-10-13-16-19-22-24-26-27-28-29-30-31-33-34-36-39-42-45-48-51-57(60)63-54-55(53-62-56(59)50-47-44-41-38-21-18-15-12-9-6-3)64-58(61)52-49-46-43-40-37-35-32-25-23-20-17-14-11-8-5-2/h8,11,17,20,25,32,37,40,46,49,55H,4-7,9-10,12-16,18-19,21-24,26-31,33-36,38-39,41-45,47-48,50-54H2,1-3H3/b11-8-,20-17-,32-25-,40-37-,49-46-. The minimum absolute atomic E-state index is 0.101. The first-order valence-corrected chi connectivity index (χ1v) is 27.3. The van der Waals surface area contributed by atoms with E-state index < -0.39 is 12.1 Å². The van der Waals surface area contributed by atoms with Gasteiger partial charge in [0.15, 0.2) is 6.10 Å². The highest BCUT2D eigenvalue weighted by molar-refractivity contribution is 5.72. The van der Waals surface area contributed by atoms with Crippen LogP contribution in [0.2, 0.25) is 0 Å². The summed E-state index contributed by atoms with van der Waals surface area (Å²) < 4.78 is 16.7. The predicted octanol–water partition coefficient (Wildman–Crippen LogP) is 18.0. The Labute approximate surface area is 396 Å². The Morgan fingerprint density at radius 1 is 0.328 bits per heavy atom. The van der Waals surface area contributed by atoms with Crippen molar-refractivity contribution >= 4 is 17.9 Å². The van der Waals surface area contributed by atoms with Crippen LogP contribution >= 0.6 is 0 Å². The largest absolute Gasteiger partial charge is 0.462 e. The first-order chi connectivity index (χ1) is 31.5. The van der Waals surface area contributed by atoms with Gasteiger partial charge in [0.2, 0.25) is 0 Å². The van der Waals surface area contributed by atoms with Crippen molar-refractivity contribution in [2.24, 2.45) is 0 Å². The second kappa shape index (κ2) is 52.7. The van der Waals surface area contributed by atoms with Crippen LogP contribution in [0.3, 0.4) is 0 Å². The Hall–Kier alpha value is -2.89. The normalized spacial score (nSPS) is 12.5. The van der Waals surface area contributed by atoms with Crippen LogP contribution in [0.5, 0.6) is 0 Å². The molecule has 0 radical (unpaired) electrons. The SMILES string of the molecule is CC/C=C\C/C=C\C/C=C\C/C=C\C/C=C\CC(=O)OC(COC(=O)CCCCCCCCCCCC)COC(=O)CCCCCCCCCCCCCCCCCCCCCCC. The maximum absolute atomic E-state index is 12.7. The summed E-state index contributed by atoms with van der Waals surface area (Å²) in [7, 11) is 0. The molecular formula is C58H102O6. The van der Waals surface area contributed by atoms with Crippen LogP contribution in [0, 0.1) is 0 Å². The number of ether oxygens (including phenoxy) is 3. The molecule has 370 valence electrons. The highest BCUT2D eigenvalue weighted by Gasteiger charge is 2.19. The summed E-state index contributed by atoms with van der Waals surface area (Å²) in [6.45, 7) is 6.45. The number of esters is 3. The van der Waals surface area contributed by atoms with Gasteiger partial charge in [0.25, 0.3) is 0 Å². The Balaban J connectivity index is 4.34. The highest BCUT2D eigenvalue weighted by atomic mass is 16.6. The topological polar surface area (TPSA) is 78.9 Å². The molecule has 0 aromatic heterocycles. The molecule has 0 aromatic carbocycles. The van der Waals surface area contributed by atoms with Gasteiger partial charge >= 0.3 is 17.9 Å². The van der Waals surface area contributed by atoms with Gasteiger partial charge in [0.05, 0.1) is 6.42 Å². The number of hydrogen-bond acceptors (Lipinski definition) is 6. The van der Waals surface area contributed by atoms with Gasteiger partial charge in [-0.05, 0) is 44.9 Å². The second-order valence-corrected chi connectivity index (χ2v) is 18.1. The second-order valence-electron chi connectivity index (χ2n) is 18.1. The van der Waals surface area contributed by atoms with E-state index in [1.807, 2.05) is 6.08 Å². The van der Waals surface area contributed by atoms with Crippen LogP contribution in [-0.2, 0) is 28.6 Å². The quantitative estimate of drug-likeness (QED) is 0.0262. The molecule has 6 heteroatoms. The molecule has 0 rings (SSSR count). The molecule has 0 amide bonds. The summed E-state index contributed by atoms with van der Waals surface area (Å²) in [6.07, 6.45) is 65.3. The summed E-state index contributed by atoms with van der Waals surface area (Å²) in [5.74, 6) is -1.03. The molecule has 0 bridgehead atoms. The summed E-state index contributed by atoms with van der Waals surface area (Å²) in [5.41, 5.74) is 0.